The SMILES string of the molecule is COc1ccc(-c2cn([C@@H]3O[C@H](COC(C)=O)[C@@H](OC(C)=O)[C@H]3OC(C)=O)nn2)cc1. The van der Waals surface area contributed by atoms with Crippen molar-refractivity contribution in [3.05, 3.63) is 30.5 Å². The first-order valence-electron chi connectivity index (χ1n) is 9.48. The molecule has 1 saturated heterocycles. The third-order valence-corrected chi connectivity index (χ3v) is 4.50. The molecule has 1 fully saturated rings. The summed E-state index contributed by atoms with van der Waals surface area (Å²) in [6.45, 7) is 3.50. The predicted molar refractivity (Wildman–Crippen MR) is 104 cm³/mol. The number of aromatic nitrogens is 3. The summed E-state index contributed by atoms with van der Waals surface area (Å²) in [6, 6.07) is 7.21. The number of nitrogens with zero attached hydrogens (tertiary/aromatic N) is 3. The molecule has 4 atom stereocenters. The third-order valence-electron chi connectivity index (χ3n) is 4.50. The van der Waals surface area contributed by atoms with Crippen molar-refractivity contribution in [2.45, 2.75) is 45.3 Å². The Balaban J connectivity index is 1.89. The largest absolute Gasteiger partial charge is 0.497 e. The Hall–Kier alpha value is -3.47. The molecule has 166 valence electrons. The summed E-state index contributed by atoms with van der Waals surface area (Å²) in [7, 11) is 1.57. The van der Waals surface area contributed by atoms with Gasteiger partial charge in [-0.05, 0) is 24.3 Å². The molecule has 0 radical (unpaired) electrons. The van der Waals surface area contributed by atoms with Crippen molar-refractivity contribution >= 4 is 17.9 Å². The van der Waals surface area contributed by atoms with Gasteiger partial charge in [-0.15, -0.1) is 5.10 Å². The van der Waals surface area contributed by atoms with Crippen LogP contribution in [0.5, 0.6) is 5.75 Å². The monoisotopic (exact) mass is 433 g/mol. The first-order chi connectivity index (χ1) is 14.8. The molecule has 1 aliphatic rings. The van der Waals surface area contributed by atoms with Gasteiger partial charge in [-0.2, -0.15) is 0 Å². The number of hydrogen-bond acceptors (Lipinski definition) is 10. The topological polar surface area (TPSA) is 128 Å². The van der Waals surface area contributed by atoms with E-state index in [9.17, 15) is 14.4 Å². The second-order valence-corrected chi connectivity index (χ2v) is 6.83. The lowest BCUT2D eigenvalue weighted by Gasteiger charge is -2.23. The molecule has 3 rings (SSSR count). The van der Waals surface area contributed by atoms with Gasteiger partial charge >= 0.3 is 17.9 Å². The zero-order chi connectivity index (χ0) is 22.5. The fraction of sp³-hybridized carbons (Fsp3) is 0.450. The van der Waals surface area contributed by atoms with Gasteiger partial charge in [0.2, 0.25) is 0 Å². The summed E-state index contributed by atoms with van der Waals surface area (Å²) in [5, 5.41) is 8.23. The van der Waals surface area contributed by atoms with Crippen LogP contribution in [0.25, 0.3) is 11.3 Å². The zero-order valence-electron chi connectivity index (χ0n) is 17.5. The van der Waals surface area contributed by atoms with Gasteiger partial charge in [-0.1, -0.05) is 5.21 Å². The summed E-state index contributed by atoms with van der Waals surface area (Å²) in [5.74, 6) is -1.03. The van der Waals surface area contributed by atoms with Gasteiger partial charge in [0, 0.05) is 26.3 Å². The summed E-state index contributed by atoms with van der Waals surface area (Å²) in [5.41, 5.74) is 1.32. The lowest BCUT2D eigenvalue weighted by Crippen LogP contribution is -2.40. The van der Waals surface area contributed by atoms with Gasteiger partial charge in [-0.3, -0.25) is 14.4 Å². The molecule has 0 spiro atoms. The molecule has 1 aromatic heterocycles. The van der Waals surface area contributed by atoms with Crippen molar-refractivity contribution in [3.63, 3.8) is 0 Å². The second kappa shape index (κ2) is 9.56. The van der Waals surface area contributed by atoms with E-state index in [2.05, 4.69) is 10.3 Å². The molecule has 0 bridgehead atoms. The minimum absolute atomic E-state index is 0.193. The van der Waals surface area contributed by atoms with E-state index in [4.69, 9.17) is 23.7 Å². The number of esters is 3. The molecule has 11 heteroatoms. The molecule has 1 aromatic carbocycles. The van der Waals surface area contributed by atoms with E-state index in [1.807, 2.05) is 12.1 Å². The summed E-state index contributed by atoms with van der Waals surface area (Å²) in [6.07, 6.45) is -2.22. The lowest BCUT2D eigenvalue weighted by molar-refractivity contribution is -0.166. The Labute approximate surface area is 178 Å². The highest BCUT2D eigenvalue weighted by molar-refractivity contribution is 5.68. The molecule has 2 heterocycles. The maximum Gasteiger partial charge on any atom is 0.303 e. The standard InChI is InChI=1S/C20H23N3O8/c1-11(24)28-10-17-18(29-12(2)25)19(30-13(3)26)20(31-17)23-9-16(21-22-23)14-5-7-15(27-4)8-6-14/h5-9,17-20H,10H2,1-4H3/t17-,18-,19-,20-/m1/s1. The number of ether oxygens (including phenoxy) is 5. The van der Waals surface area contributed by atoms with Crippen LogP contribution in [0.1, 0.15) is 27.0 Å². The van der Waals surface area contributed by atoms with Gasteiger partial charge in [-0.25, -0.2) is 4.68 Å². The van der Waals surface area contributed by atoms with E-state index in [1.165, 1.54) is 25.5 Å². The average Bonchev–Trinajstić information content (AvgIpc) is 3.32. The van der Waals surface area contributed by atoms with Crippen molar-refractivity contribution in [2.24, 2.45) is 0 Å². The lowest BCUT2D eigenvalue weighted by atomic mass is 10.1. The molecule has 0 unspecified atom stereocenters. The molecule has 11 nitrogen and oxygen atoms in total. The van der Waals surface area contributed by atoms with Crippen molar-refractivity contribution in [2.75, 3.05) is 13.7 Å². The van der Waals surface area contributed by atoms with E-state index in [1.54, 1.807) is 25.4 Å². The van der Waals surface area contributed by atoms with Crippen LogP contribution in [0.2, 0.25) is 0 Å². The van der Waals surface area contributed by atoms with Gasteiger partial charge in [0.25, 0.3) is 0 Å². The molecule has 0 N–H and O–H groups in total. The van der Waals surface area contributed by atoms with Crippen molar-refractivity contribution in [3.8, 4) is 17.0 Å². The fourth-order valence-electron chi connectivity index (χ4n) is 3.20. The van der Waals surface area contributed by atoms with E-state index in [-0.39, 0.29) is 6.61 Å². The zero-order valence-corrected chi connectivity index (χ0v) is 17.5. The average molecular weight is 433 g/mol. The van der Waals surface area contributed by atoms with Crippen LogP contribution in [0.3, 0.4) is 0 Å². The van der Waals surface area contributed by atoms with Crippen LogP contribution in [-0.2, 0) is 33.3 Å². The van der Waals surface area contributed by atoms with Crippen LogP contribution in [0, 0.1) is 0 Å². The summed E-state index contributed by atoms with van der Waals surface area (Å²) < 4.78 is 28.2. The van der Waals surface area contributed by atoms with Crippen molar-refractivity contribution in [1.29, 1.82) is 0 Å². The summed E-state index contributed by atoms with van der Waals surface area (Å²) in [4.78, 5) is 34.6. The Kier molecular flexibility index (Phi) is 6.85. The maximum absolute atomic E-state index is 11.7. The highest BCUT2D eigenvalue weighted by Gasteiger charge is 2.51. The van der Waals surface area contributed by atoms with Crippen LogP contribution in [0.15, 0.2) is 30.5 Å². The van der Waals surface area contributed by atoms with Crippen LogP contribution < -0.4 is 4.74 Å². The fourth-order valence-corrected chi connectivity index (χ4v) is 3.20. The molecular formula is C20H23N3O8. The Morgan fingerprint density at radius 3 is 2.23 bits per heavy atom. The van der Waals surface area contributed by atoms with Crippen LogP contribution in [-0.4, -0.2) is 64.9 Å². The quantitative estimate of drug-likeness (QED) is 0.465. The minimum Gasteiger partial charge on any atom is -0.497 e. The first kappa shape index (κ1) is 22.2. The highest BCUT2D eigenvalue weighted by atomic mass is 16.7. The van der Waals surface area contributed by atoms with Gasteiger partial charge in [0.05, 0.1) is 13.3 Å². The normalized spacial score (nSPS) is 22.6. The molecule has 0 saturated carbocycles. The van der Waals surface area contributed by atoms with E-state index < -0.39 is 42.4 Å². The first-order valence-corrected chi connectivity index (χ1v) is 9.48. The van der Waals surface area contributed by atoms with Gasteiger partial charge in [0.1, 0.15) is 24.2 Å². The number of methoxy groups -OCH3 is 1. The number of carbonyl (C=O) groups is 3. The number of carbonyl (C=O) groups excluding carboxylic acids is 3. The Morgan fingerprint density at radius 2 is 1.65 bits per heavy atom. The number of hydrogen-bond donors (Lipinski definition) is 0. The summed E-state index contributed by atoms with van der Waals surface area (Å²) >= 11 is 0. The van der Waals surface area contributed by atoms with Crippen LogP contribution >= 0.6 is 0 Å². The Morgan fingerprint density at radius 1 is 1.00 bits per heavy atom. The van der Waals surface area contributed by atoms with Gasteiger partial charge < -0.3 is 23.7 Å². The maximum atomic E-state index is 11.7. The molecule has 31 heavy (non-hydrogen) atoms. The molecular weight excluding hydrogens is 410 g/mol. The molecule has 0 amide bonds. The third kappa shape index (κ3) is 5.37. The Bertz CT molecular complexity index is 942. The highest BCUT2D eigenvalue weighted by Crippen LogP contribution is 2.34. The molecule has 1 aliphatic heterocycles. The van der Waals surface area contributed by atoms with E-state index >= 15 is 0 Å². The molecule has 0 aliphatic carbocycles. The minimum atomic E-state index is -1.02. The van der Waals surface area contributed by atoms with E-state index in [0.717, 1.165) is 5.56 Å². The number of benzene rings is 1. The number of rotatable bonds is 7. The smallest absolute Gasteiger partial charge is 0.303 e. The second-order valence-electron chi connectivity index (χ2n) is 6.83. The van der Waals surface area contributed by atoms with Gasteiger partial charge in [0.15, 0.2) is 18.4 Å². The van der Waals surface area contributed by atoms with Crippen molar-refractivity contribution in [1.82, 2.24) is 15.0 Å². The van der Waals surface area contributed by atoms with E-state index in [0.29, 0.717) is 11.4 Å². The van der Waals surface area contributed by atoms with Crippen LogP contribution in [0.4, 0.5) is 0 Å². The molecule has 2 aromatic rings. The van der Waals surface area contributed by atoms with Crippen molar-refractivity contribution < 1.29 is 38.1 Å². The predicted octanol–water partition coefficient (Wildman–Crippen LogP) is 1.28.